The van der Waals surface area contributed by atoms with Crippen LogP contribution < -0.4 is 5.73 Å². The Balaban J connectivity index is 2.19. The van der Waals surface area contributed by atoms with Gasteiger partial charge in [0.05, 0.1) is 6.04 Å². The average molecular weight is 315 g/mol. The largest absolute Gasteiger partial charge is 0.358 e. The number of rotatable bonds is 2. The molecule has 2 aromatic carbocycles. The van der Waals surface area contributed by atoms with E-state index in [1.165, 1.54) is 10.9 Å². The van der Waals surface area contributed by atoms with E-state index in [9.17, 15) is 0 Å². The Labute approximate surface area is 120 Å². The number of halogens is 1. The third-order valence-electron chi connectivity index (χ3n) is 3.49. The van der Waals surface area contributed by atoms with Crippen LogP contribution in [0.5, 0.6) is 0 Å². The lowest BCUT2D eigenvalue weighted by molar-refractivity contribution is 0.863. The first-order valence-corrected chi connectivity index (χ1v) is 7.05. The van der Waals surface area contributed by atoms with E-state index in [4.69, 9.17) is 5.73 Å². The average Bonchev–Trinajstić information content (AvgIpc) is 2.74. The third-order valence-corrected chi connectivity index (χ3v) is 4.22. The van der Waals surface area contributed by atoms with Crippen LogP contribution in [0.1, 0.15) is 22.9 Å². The van der Waals surface area contributed by atoms with Crippen LogP contribution in [0.15, 0.2) is 53.0 Å². The number of benzene rings is 2. The molecule has 2 nitrogen and oxygen atoms in total. The van der Waals surface area contributed by atoms with Crippen molar-refractivity contribution in [3.05, 3.63) is 69.8 Å². The van der Waals surface area contributed by atoms with Gasteiger partial charge < -0.3 is 10.7 Å². The summed E-state index contributed by atoms with van der Waals surface area (Å²) in [6.45, 7) is 2.08. The van der Waals surface area contributed by atoms with Crippen LogP contribution in [0, 0.1) is 6.92 Å². The number of aromatic nitrogens is 1. The second-order valence-corrected chi connectivity index (χ2v) is 5.56. The monoisotopic (exact) mass is 314 g/mol. The quantitative estimate of drug-likeness (QED) is 0.728. The molecule has 3 N–H and O–H groups in total. The molecule has 1 aromatic heterocycles. The lowest BCUT2D eigenvalue weighted by atomic mass is 9.97. The van der Waals surface area contributed by atoms with Crippen LogP contribution in [0.3, 0.4) is 0 Å². The minimum atomic E-state index is -0.133. The van der Waals surface area contributed by atoms with Gasteiger partial charge in [0.1, 0.15) is 0 Å². The van der Waals surface area contributed by atoms with E-state index in [0.717, 1.165) is 21.2 Å². The van der Waals surface area contributed by atoms with Gasteiger partial charge in [0.2, 0.25) is 0 Å². The van der Waals surface area contributed by atoms with E-state index in [1.807, 2.05) is 30.3 Å². The van der Waals surface area contributed by atoms with Crippen molar-refractivity contribution in [2.24, 2.45) is 5.73 Å². The number of nitrogens with one attached hydrogen (secondary N) is 1. The van der Waals surface area contributed by atoms with Crippen molar-refractivity contribution in [1.29, 1.82) is 0 Å². The normalized spacial score (nSPS) is 12.8. The molecule has 19 heavy (non-hydrogen) atoms. The van der Waals surface area contributed by atoms with Gasteiger partial charge in [-0.15, -0.1) is 0 Å². The molecule has 1 heterocycles. The second kappa shape index (κ2) is 4.83. The second-order valence-electron chi connectivity index (χ2n) is 4.71. The number of para-hydroxylation sites is 1. The Bertz CT molecular complexity index is 730. The maximum Gasteiger partial charge on any atom is 0.0586 e. The summed E-state index contributed by atoms with van der Waals surface area (Å²) >= 11 is 3.58. The van der Waals surface area contributed by atoms with E-state index in [0.29, 0.717) is 0 Å². The van der Waals surface area contributed by atoms with Crippen molar-refractivity contribution >= 4 is 26.8 Å². The van der Waals surface area contributed by atoms with Gasteiger partial charge >= 0.3 is 0 Å². The van der Waals surface area contributed by atoms with Gasteiger partial charge in [-0.2, -0.15) is 0 Å². The molecular weight excluding hydrogens is 300 g/mol. The summed E-state index contributed by atoms with van der Waals surface area (Å²) in [5, 5.41) is 1.20. The molecule has 0 bridgehead atoms. The maximum atomic E-state index is 6.48. The van der Waals surface area contributed by atoms with Crippen LogP contribution in [0.25, 0.3) is 10.9 Å². The molecule has 0 saturated heterocycles. The number of hydrogen-bond acceptors (Lipinski definition) is 1. The van der Waals surface area contributed by atoms with Gasteiger partial charge in [0.15, 0.2) is 0 Å². The predicted octanol–water partition coefficient (Wildman–Crippen LogP) is 4.29. The van der Waals surface area contributed by atoms with Gasteiger partial charge in [-0.3, -0.25) is 0 Å². The molecule has 3 rings (SSSR count). The Hall–Kier alpha value is -1.58. The Morgan fingerprint density at radius 3 is 2.53 bits per heavy atom. The number of nitrogens with two attached hydrogens (primary N) is 1. The SMILES string of the molecule is Cc1[nH]c2ccccc2c1C(N)c1ccccc1Br. The molecule has 1 atom stereocenters. The van der Waals surface area contributed by atoms with Crippen molar-refractivity contribution in [1.82, 2.24) is 4.98 Å². The fraction of sp³-hybridized carbons (Fsp3) is 0.125. The fourth-order valence-electron chi connectivity index (χ4n) is 2.58. The van der Waals surface area contributed by atoms with Crippen LogP contribution in [-0.4, -0.2) is 4.98 Å². The summed E-state index contributed by atoms with van der Waals surface area (Å²) in [4.78, 5) is 3.40. The zero-order valence-electron chi connectivity index (χ0n) is 10.7. The lowest BCUT2D eigenvalue weighted by Gasteiger charge is -2.14. The van der Waals surface area contributed by atoms with Gasteiger partial charge in [0, 0.05) is 26.6 Å². The third kappa shape index (κ3) is 2.09. The van der Waals surface area contributed by atoms with Crippen molar-refractivity contribution in [2.75, 3.05) is 0 Å². The molecule has 0 spiro atoms. The van der Waals surface area contributed by atoms with Crippen molar-refractivity contribution in [2.45, 2.75) is 13.0 Å². The van der Waals surface area contributed by atoms with Gasteiger partial charge in [-0.1, -0.05) is 52.3 Å². The molecule has 0 fully saturated rings. The van der Waals surface area contributed by atoms with Gasteiger partial charge in [-0.25, -0.2) is 0 Å². The number of hydrogen-bond donors (Lipinski definition) is 2. The molecule has 0 aliphatic heterocycles. The summed E-state index contributed by atoms with van der Waals surface area (Å²) < 4.78 is 1.05. The Kier molecular flexibility index (Phi) is 3.17. The number of aryl methyl sites for hydroxylation is 1. The molecular formula is C16H15BrN2. The summed E-state index contributed by atoms with van der Waals surface area (Å²) in [6.07, 6.45) is 0. The molecule has 0 amide bonds. The standard InChI is InChI=1S/C16H15BrN2/c1-10-15(12-7-3-5-9-14(12)19-10)16(18)11-6-2-4-8-13(11)17/h2-9,16,19H,18H2,1H3. The van der Waals surface area contributed by atoms with E-state index in [-0.39, 0.29) is 6.04 Å². The first-order valence-electron chi connectivity index (χ1n) is 6.25. The minimum Gasteiger partial charge on any atom is -0.358 e. The summed E-state index contributed by atoms with van der Waals surface area (Å²) in [5.41, 5.74) is 11.0. The number of H-pyrrole nitrogens is 1. The highest BCUT2D eigenvalue weighted by Gasteiger charge is 2.18. The summed E-state index contributed by atoms with van der Waals surface area (Å²) in [6, 6.07) is 16.3. The van der Waals surface area contributed by atoms with Crippen molar-refractivity contribution in [3.8, 4) is 0 Å². The Morgan fingerprint density at radius 2 is 1.74 bits per heavy atom. The molecule has 0 aliphatic rings. The molecule has 3 heteroatoms. The molecule has 0 aliphatic carbocycles. The smallest absolute Gasteiger partial charge is 0.0586 e. The number of aromatic amines is 1. The van der Waals surface area contributed by atoms with Crippen molar-refractivity contribution < 1.29 is 0 Å². The maximum absolute atomic E-state index is 6.48. The summed E-state index contributed by atoms with van der Waals surface area (Å²) in [7, 11) is 0. The van der Waals surface area contributed by atoms with E-state index >= 15 is 0 Å². The molecule has 0 radical (unpaired) electrons. The molecule has 1 unspecified atom stereocenters. The van der Waals surface area contributed by atoms with E-state index in [2.05, 4.69) is 46.0 Å². The highest BCUT2D eigenvalue weighted by molar-refractivity contribution is 9.10. The molecule has 96 valence electrons. The summed E-state index contributed by atoms with van der Waals surface area (Å²) in [5.74, 6) is 0. The zero-order valence-corrected chi connectivity index (χ0v) is 12.2. The zero-order chi connectivity index (χ0) is 13.4. The first kappa shape index (κ1) is 12.5. The van der Waals surface area contributed by atoms with Crippen LogP contribution >= 0.6 is 15.9 Å². The fourth-order valence-corrected chi connectivity index (χ4v) is 3.11. The van der Waals surface area contributed by atoms with E-state index < -0.39 is 0 Å². The predicted molar refractivity (Wildman–Crippen MR) is 83.2 cm³/mol. The van der Waals surface area contributed by atoms with Crippen LogP contribution in [0.4, 0.5) is 0 Å². The lowest BCUT2D eigenvalue weighted by Crippen LogP contribution is -2.13. The number of fused-ring (bicyclic) bond motifs is 1. The van der Waals surface area contributed by atoms with Gasteiger partial charge in [-0.05, 0) is 24.6 Å². The van der Waals surface area contributed by atoms with Gasteiger partial charge in [0.25, 0.3) is 0 Å². The van der Waals surface area contributed by atoms with Crippen LogP contribution in [-0.2, 0) is 0 Å². The first-order chi connectivity index (χ1) is 9.18. The van der Waals surface area contributed by atoms with Crippen molar-refractivity contribution in [3.63, 3.8) is 0 Å². The topological polar surface area (TPSA) is 41.8 Å². The van der Waals surface area contributed by atoms with Crippen LogP contribution in [0.2, 0.25) is 0 Å². The molecule has 3 aromatic rings. The Morgan fingerprint density at radius 1 is 1.05 bits per heavy atom. The highest BCUT2D eigenvalue weighted by atomic mass is 79.9. The van der Waals surface area contributed by atoms with E-state index in [1.54, 1.807) is 0 Å². The minimum absolute atomic E-state index is 0.133. The highest BCUT2D eigenvalue weighted by Crippen LogP contribution is 2.33. The molecule has 0 saturated carbocycles.